The number of carbonyl (C=O) groups excluding carboxylic acids is 1. The number of fused-ring (bicyclic) bond motifs is 1. The molecule has 0 aliphatic heterocycles. The molecule has 15 heavy (non-hydrogen) atoms. The molecule has 3 N–H and O–H groups in total. The summed E-state index contributed by atoms with van der Waals surface area (Å²) in [6, 6.07) is 5.79. The Kier molecular flexibility index (Phi) is 2.63. The molecule has 0 saturated heterocycles. The Morgan fingerprint density at radius 3 is 2.93 bits per heavy atom. The fourth-order valence-corrected chi connectivity index (χ4v) is 2.35. The number of ketones is 1. The van der Waals surface area contributed by atoms with Gasteiger partial charge < -0.3 is 10.7 Å². The van der Waals surface area contributed by atoms with Gasteiger partial charge in [0.05, 0.1) is 6.54 Å². The van der Waals surface area contributed by atoms with Crippen molar-refractivity contribution in [1.82, 2.24) is 4.98 Å². The number of hydrogen-bond acceptors (Lipinski definition) is 2. The van der Waals surface area contributed by atoms with Crippen LogP contribution >= 0.6 is 15.9 Å². The molecule has 3 nitrogen and oxygen atoms in total. The van der Waals surface area contributed by atoms with Crippen molar-refractivity contribution in [1.29, 1.82) is 0 Å². The zero-order valence-electron chi connectivity index (χ0n) is 8.30. The number of benzene rings is 1. The normalized spacial score (nSPS) is 10.9. The highest BCUT2D eigenvalue weighted by Crippen LogP contribution is 2.29. The van der Waals surface area contributed by atoms with Gasteiger partial charge in [0.1, 0.15) is 0 Å². The van der Waals surface area contributed by atoms with Crippen molar-refractivity contribution in [2.45, 2.75) is 6.92 Å². The minimum atomic E-state index is -0.0364. The lowest BCUT2D eigenvalue weighted by Gasteiger charge is -1.99. The Hall–Kier alpha value is -1.13. The third-order valence-electron chi connectivity index (χ3n) is 2.43. The van der Waals surface area contributed by atoms with E-state index >= 15 is 0 Å². The smallest absolute Gasteiger partial charge is 0.178 e. The van der Waals surface area contributed by atoms with Crippen LogP contribution in [0.15, 0.2) is 22.7 Å². The number of nitrogens with two attached hydrogens (primary N) is 1. The number of Topliss-reactive ketones (excluding diaryl/α,β-unsaturated/α-hetero) is 1. The van der Waals surface area contributed by atoms with Crippen molar-refractivity contribution in [3.63, 3.8) is 0 Å². The lowest BCUT2D eigenvalue weighted by Crippen LogP contribution is -2.14. The SMILES string of the molecule is Cc1[nH]c2cccc(Br)c2c1C(=O)CN. The molecule has 0 saturated carbocycles. The third kappa shape index (κ3) is 1.60. The molecule has 1 aromatic carbocycles. The van der Waals surface area contributed by atoms with Crippen LogP contribution in [0.3, 0.4) is 0 Å². The molecule has 78 valence electrons. The van der Waals surface area contributed by atoms with E-state index in [-0.39, 0.29) is 12.3 Å². The van der Waals surface area contributed by atoms with Crippen molar-refractivity contribution in [2.75, 3.05) is 6.54 Å². The number of halogens is 1. The van der Waals surface area contributed by atoms with Gasteiger partial charge in [0.25, 0.3) is 0 Å². The highest BCUT2D eigenvalue weighted by atomic mass is 79.9. The van der Waals surface area contributed by atoms with Gasteiger partial charge in [-0.1, -0.05) is 22.0 Å². The van der Waals surface area contributed by atoms with Crippen molar-refractivity contribution in [3.8, 4) is 0 Å². The van der Waals surface area contributed by atoms with Crippen LogP contribution < -0.4 is 5.73 Å². The summed E-state index contributed by atoms with van der Waals surface area (Å²) in [5.74, 6) is -0.0364. The molecule has 0 atom stereocenters. The maximum Gasteiger partial charge on any atom is 0.178 e. The van der Waals surface area contributed by atoms with Crippen molar-refractivity contribution >= 4 is 32.6 Å². The van der Waals surface area contributed by atoms with Gasteiger partial charge in [-0.3, -0.25) is 4.79 Å². The highest BCUT2D eigenvalue weighted by molar-refractivity contribution is 9.10. The summed E-state index contributed by atoms with van der Waals surface area (Å²) in [5.41, 5.74) is 7.91. The van der Waals surface area contributed by atoms with Gasteiger partial charge in [0.15, 0.2) is 5.78 Å². The van der Waals surface area contributed by atoms with Crippen LogP contribution in [0.5, 0.6) is 0 Å². The van der Waals surface area contributed by atoms with Gasteiger partial charge in [-0.2, -0.15) is 0 Å². The number of aromatic amines is 1. The van der Waals surface area contributed by atoms with Crippen LogP contribution in [-0.2, 0) is 0 Å². The number of aryl methyl sites for hydroxylation is 1. The highest BCUT2D eigenvalue weighted by Gasteiger charge is 2.16. The van der Waals surface area contributed by atoms with E-state index in [1.165, 1.54) is 0 Å². The first-order chi connectivity index (χ1) is 7.15. The minimum absolute atomic E-state index is 0.0364. The van der Waals surface area contributed by atoms with E-state index in [2.05, 4.69) is 20.9 Å². The van der Waals surface area contributed by atoms with E-state index in [4.69, 9.17) is 5.73 Å². The minimum Gasteiger partial charge on any atom is -0.358 e. The van der Waals surface area contributed by atoms with Crippen LogP contribution in [0.1, 0.15) is 16.1 Å². The lowest BCUT2D eigenvalue weighted by atomic mass is 10.1. The molecule has 0 aliphatic rings. The molecule has 2 rings (SSSR count). The average Bonchev–Trinajstić information content (AvgIpc) is 2.55. The molecule has 0 radical (unpaired) electrons. The molecule has 0 aliphatic carbocycles. The summed E-state index contributed by atoms with van der Waals surface area (Å²) in [4.78, 5) is 14.9. The van der Waals surface area contributed by atoms with E-state index in [0.29, 0.717) is 5.56 Å². The number of H-pyrrole nitrogens is 1. The molecular formula is C11H11BrN2O. The Morgan fingerprint density at radius 2 is 2.27 bits per heavy atom. The summed E-state index contributed by atoms with van der Waals surface area (Å²) in [7, 11) is 0. The van der Waals surface area contributed by atoms with Crippen molar-refractivity contribution in [3.05, 3.63) is 33.9 Å². The molecule has 2 aromatic rings. The third-order valence-corrected chi connectivity index (χ3v) is 3.09. The number of rotatable bonds is 2. The molecule has 4 heteroatoms. The number of carbonyl (C=O) groups is 1. The van der Waals surface area contributed by atoms with Gasteiger partial charge in [0.2, 0.25) is 0 Å². The summed E-state index contributed by atoms with van der Waals surface area (Å²) in [5, 5.41) is 0.922. The number of aromatic nitrogens is 1. The summed E-state index contributed by atoms with van der Waals surface area (Å²) >= 11 is 3.45. The molecule has 0 fully saturated rings. The Labute approximate surface area is 95.8 Å². The first-order valence-electron chi connectivity index (χ1n) is 4.65. The van der Waals surface area contributed by atoms with Gasteiger partial charge in [-0.05, 0) is 19.1 Å². The van der Waals surface area contributed by atoms with Crippen LogP contribution in [0.2, 0.25) is 0 Å². The topological polar surface area (TPSA) is 58.9 Å². The van der Waals surface area contributed by atoms with Crippen LogP contribution in [0.4, 0.5) is 0 Å². The Morgan fingerprint density at radius 1 is 1.53 bits per heavy atom. The zero-order valence-corrected chi connectivity index (χ0v) is 9.89. The molecular weight excluding hydrogens is 256 g/mol. The molecule has 0 amide bonds. The summed E-state index contributed by atoms with van der Waals surface area (Å²) in [6.07, 6.45) is 0. The fourth-order valence-electron chi connectivity index (χ4n) is 1.79. The van der Waals surface area contributed by atoms with E-state index in [1.54, 1.807) is 0 Å². The standard InChI is InChI=1S/C11H11BrN2O/c1-6-10(9(15)5-13)11-7(12)3-2-4-8(11)14-6/h2-4,14H,5,13H2,1H3. The van der Waals surface area contributed by atoms with Crippen LogP contribution in [-0.4, -0.2) is 17.3 Å². The van der Waals surface area contributed by atoms with Crippen molar-refractivity contribution in [2.24, 2.45) is 5.73 Å². The second-order valence-corrected chi connectivity index (χ2v) is 4.27. The maximum atomic E-state index is 11.7. The first-order valence-corrected chi connectivity index (χ1v) is 5.44. The monoisotopic (exact) mass is 266 g/mol. The van der Waals surface area contributed by atoms with Gasteiger partial charge in [-0.25, -0.2) is 0 Å². The number of hydrogen-bond donors (Lipinski definition) is 2. The second kappa shape index (κ2) is 3.79. The first kappa shape index (κ1) is 10.4. The van der Waals surface area contributed by atoms with Gasteiger partial charge in [0, 0.05) is 26.6 Å². The second-order valence-electron chi connectivity index (χ2n) is 3.41. The van der Waals surface area contributed by atoms with E-state index in [0.717, 1.165) is 21.1 Å². The molecule has 0 spiro atoms. The molecule has 1 heterocycles. The average molecular weight is 267 g/mol. The summed E-state index contributed by atoms with van der Waals surface area (Å²) < 4.78 is 0.918. The Balaban J connectivity index is 2.82. The lowest BCUT2D eigenvalue weighted by molar-refractivity contribution is 0.100. The fraction of sp³-hybridized carbons (Fsp3) is 0.182. The maximum absolute atomic E-state index is 11.7. The molecule has 0 bridgehead atoms. The van der Waals surface area contributed by atoms with Gasteiger partial charge in [-0.15, -0.1) is 0 Å². The van der Waals surface area contributed by atoms with Crippen molar-refractivity contribution < 1.29 is 4.79 Å². The quantitative estimate of drug-likeness (QED) is 0.821. The van der Waals surface area contributed by atoms with Crippen LogP contribution in [0, 0.1) is 6.92 Å². The molecule has 1 aromatic heterocycles. The van der Waals surface area contributed by atoms with Crippen LogP contribution in [0.25, 0.3) is 10.9 Å². The largest absolute Gasteiger partial charge is 0.358 e. The number of nitrogens with one attached hydrogen (secondary N) is 1. The van der Waals surface area contributed by atoms with E-state index < -0.39 is 0 Å². The molecule has 0 unspecified atom stereocenters. The zero-order chi connectivity index (χ0) is 11.0. The predicted molar refractivity (Wildman–Crippen MR) is 64.1 cm³/mol. The summed E-state index contributed by atoms with van der Waals surface area (Å²) in [6.45, 7) is 1.92. The van der Waals surface area contributed by atoms with E-state index in [9.17, 15) is 4.79 Å². The van der Waals surface area contributed by atoms with E-state index in [1.807, 2.05) is 25.1 Å². The van der Waals surface area contributed by atoms with Gasteiger partial charge >= 0.3 is 0 Å². The predicted octanol–water partition coefficient (Wildman–Crippen LogP) is 2.38. The Bertz CT molecular complexity index is 531.